The molecule has 0 fully saturated rings. The fourth-order valence-electron chi connectivity index (χ4n) is 4.58. The predicted octanol–water partition coefficient (Wildman–Crippen LogP) is 8.23. The summed E-state index contributed by atoms with van der Waals surface area (Å²) in [6, 6.07) is 37.8. The van der Waals surface area contributed by atoms with Crippen LogP contribution >= 0.6 is 0 Å². The standard InChI is InChI=1S/C29H20/c1-19-5-7-20(8-6-19)21-9-11-22(12-10-21)26-17-15-25-14-13-23-3-2-4-24-16-18-27(26)29(25)28(23)24/h2-18H,1H3. The summed E-state index contributed by atoms with van der Waals surface area (Å²) in [6.45, 7) is 2.13. The molecule has 0 heteroatoms. The highest BCUT2D eigenvalue weighted by Gasteiger charge is 2.11. The second kappa shape index (κ2) is 6.18. The van der Waals surface area contributed by atoms with Crippen molar-refractivity contribution in [1.82, 2.24) is 0 Å². The van der Waals surface area contributed by atoms with Gasteiger partial charge in [-0.25, -0.2) is 0 Å². The molecule has 6 aromatic carbocycles. The van der Waals surface area contributed by atoms with E-state index in [-0.39, 0.29) is 0 Å². The monoisotopic (exact) mass is 368 g/mol. The summed E-state index contributed by atoms with van der Waals surface area (Å²) in [4.78, 5) is 0. The maximum Gasteiger partial charge on any atom is -0.00206 e. The molecule has 0 aliphatic heterocycles. The van der Waals surface area contributed by atoms with E-state index in [0.717, 1.165) is 0 Å². The summed E-state index contributed by atoms with van der Waals surface area (Å²) in [5.41, 5.74) is 6.37. The summed E-state index contributed by atoms with van der Waals surface area (Å²) in [7, 11) is 0. The van der Waals surface area contributed by atoms with Crippen LogP contribution in [0.15, 0.2) is 103 Å². The topological polar surface area (TPSA) is 0 Å². The lowest BCUT2D eigenvalue weighted by molar-refractivity contribution is 1.47. The highest BCUT2D eigenvalue weighted by atomic mass is 14.1. The van der Waals surface area contributed by atoms with Gasteiger partial charge in [0.15, 0.2) is 0 Å². The van der Waals surface area contributed by atoms with Gasteiger partial charge in [0.25, 0.3) is 0 Å². The predicted molar refractivity (Wildman–Crippen MR) is 126 cm³/mol. The van der Waals surface area contributed by atoms with Crippen molar-refractivity contribution in [2.75, 3.05) is 0 Å². The van der Waals surface area contributed by atoms with E-state index < -0.39 is 0 Å². The van der Waals surface area contributed by atoms with Crippen LogP contribution in [-0.4, -0.2) is 0 Å². The maximum absolute atomic E-state index is 2.29. The van der Waals surface area contributed by atoms with Crippen LogP contribution in [0.4, 0.5) is 0 Å². The molecule has 0 aliphatic carbocycles. The van der Waals surface area contributed by atoms with E-state index >= 15 is 0 Å². The molecule has 29 heavy (non-hydrogen) atoms. The summed E-state index contributed by atoms with van der Waals surface area (Å²) in [5.74, 6) is 0. The van der Waals surface area contributed by atoms with Crippen LogP contribution in [0.2, 0.25) is 0 Å². The molecule has 0 aliphatic rings. The quantitative estimate of drug-likeness (QED) is 0.270. The van der Waals surface area contributed by atoms with E-state index in [1.165, 1.54) is 60.1 Å². The number of rotatable bonds is 2. The molecule has 0 N–H and O–H groups in total. The Labute approximate surface area is 170 Å². The van der Waals surface area contributed by atoms with Gasteiger partial charge >= 0.3 is 0 Å². The van der Waals surface area contributed by atoms with E-state index in [1.807, 2.05) is 0 Å². The van der Waals surface area contributed by atoms with Crippen LogP contribution in [0.1, 0.15) is 5.56 Å². The van der Waals surface area contributed by atoms with Gasteiger partial charge in [0.1, 0.15) is 0 Å². The first-order chi connectivity index (χ1) is 14.3. The largest absolute Gasteiger partial charge is 0.0610 e. The van der Waals surface area contributed by atoms with Crippen molar-refractivity contribution in [3.8, 4) is 22.3 Å². The van der Waals surface area contributed by atoms with Gasteiger partial charge in [-0.15, -0.1) is 0 Å². The molecular weight excluding hydrogens is 348 g/mol. The van der Waals surface area contributed by atoms with Crippen LogP contribution in [0.25, 0.3) is 54.6 Å². The van der Waals surface area contributed by atoms with Gasteiger partial charge in [0, 0.05) is 0 Å². The molecule has 0 saturated heterocycles. The Morgan fingerprint density at radius 3 is 1.62 bits per heavy atom. The zero-order valence-corrected chi connectivity index (χ0v) is 16.3. The second-order valence-corrected chi connectivity index (χ2v) is 7.91. The van der Waals surface area contributed by atoms with Gasteiger partial charge in [0.05, 0.1) is 0 Å². The zero-order chi connectivity index (χ0) is 19.4. The van der Waals surface area contributed by atoms with Gasteiger partial charge in [0.2, 0.25) is 0 Å². The maximum atomic E-state index is 2.29. The van der Waals surface area contributed by atoms with Crippen LogP contribution in [0, 0.1) is 6.92 Å². The lowest BCUT2D eigenvalue weighted by atomic mass is 9.89. The van der Waals surface area contributed by atoms with Gasteiger partial charge in [-0.3, -0.25) is 0 Å². The van der Waals surface area contributed by atoms with E-state index in [4.69, 9.17) is 0 Å². The second-order valence-electron chi connectivity index (χ2n) is 7.91. The Bertz CT molecular complexity index is 1450. The van der Waals surface area contributed by atoms with Gasteiger partial charge in [-0.2, -0.15) is 0 Å². The molecule has 0 saturated carbocycles. The average Bonchev–Trinajstić information content (AvgIpc) is 2.78. The van der Waals surface area contributed by atoms with Gasteiger partial charge < -0.3 is 0 Å². The Balaban J connectivity index is 1.55. The van der Waals surface area contributed by atoms with E-state index in [2.05, 4.69) is 110 Å². The Morgan fingerprint density at radius 1 is 0.414 bits per heavy atom. The Hall–Kier alpha value is -3.64. The zero-order valence-electron chi connectivity index (χ0n) is 16.3. The Morgan fingerprint density at radius 2 is 0.931 bits per heavy atom. The van der Waals surface area contributed by atoms with Crippen molar-refractivity contribution in [3.63, 3.8) is 0 Å². The average molecular weight is 368 g/mol. The van der Waals surface area contributed by atoms with Crippen molar-refractivity contribution in [1.29, 1.82) is 0 Å². The molecule has 0 radical (unpaired) electrons. The number of aryl methyl sites for hydroxylation is 1. The molecule has 6 aromatic rings. The van der Waals surface area contributed by atoms with Crippen molar-refractivity contribution >= 4 is 32.3 Å². The minimum absolute atomic E-state index is 1.26. The van der Waals surface area contributed by atoms with Crippen molar-refractivity contribution < 1.29 is 0 Å². The third-order valence-electron chi connectivity index (χ3n) is 6.11. The van der Waals surface area contributed by atoms with E-state index in [9.17, 15) is 0 Å². The van der Waals surface area contributed by atoms with Crippen molar-refractivity contribution in [3.05, 3.63) is 109 Å². The lowest BCUT2D eigenvalue weighted by Gasteiger charge is -2.14. The van der Waals surface area contributed by atoms with Gasteiger partial charge in [-0.1, -0.05) is 109 Å². The summed E-state index contributed by atoms with van der Waals surface area (Å²) in [6.07, 6.45) is 0. The SMILES string of the molecule is Cc1ccc(-c2ccc(-c3ccc4ccc5cccc6ccc3c4c56)cc2)cc1. The number of hydrogen-bond acceptors (Lipinski definition) is 0. The fraction of sp³-hybridized carbons (Fsp3) is 0.0345. The van der Waals surface area contributed by atoms with E-state index in [0.29, 0.717) is 0 Å². The molecule has 0 bridgehead atoms. The van der Waals surface area contributed by atoms with Crippen LogP contribution in [0.3, 0.4) is 0 Å². The Kier molecular flexibility index (Phi) is 3.48. The van der Waals surface area contributed by atoms with Crippen molar-refractivity contribution in [2.24, 2.45) is 0 Å². The highest BCUT2D eigenvalue weighted by molar-refractivity contribution is 6.25. The molecule has 0 aromatic heterocycles. The molecule has 0 atom stereocenters. The summed E-state index contributed by atoms with van der Waals surface area (Å²) >= 11 is 0. The summed E-state index contributed by atoms with van der Waals surface area (Å²) < 4.78 is 0. The third kappa shape index (κ3) is 2.53. The smallest absolute Gasteiger partial charge is 0.00206 e. The molecule has 6 rings (SSSR count). The first-order valence-corrected chi connectivity index (χ1v) is 10.1. The molecule has 0 spiro atoms. The molecule has 0 unspecified atom stereocenters. The van der Waals surface area contributed by atoms with Gasteiger partial charge in [-0.05, 0) is 61.5 Å². The van der Waals surface area contributed by atoms with Crippen LogP contribution in [-0.2, 0) is 0 Å². The molecule has 0 amide bonds. The van der Waals surface area contributed by atoms with Crippen molar-refractivity contribution in [2.45, 2.75) is 6.92 Å². The summed E-state index contributed by atoms with van der Waals surface area (Å²) in [5, 5.41) is 8.01. The number of benzene rings is 6. The minimum atomic E-state index is 1.26. The molecular formula is C29H20. The lowest BCUT2D eigenvalue weighted by Crippen LogP contribution is -1.87. The highest BCUT2D eigenvalue weighted by Crippen LogP contribution is 2.39. The fourth-order valence-corrected chi connectivity index (χ4v) is 4.58. The molecule has 136 valence electrons. The molecule has 0 nitrogen and oxygen atoms in total. The van der Waals surface area contributed by atoms with Crippen LogP contribution < -0.4 is 0 Å². The minimum Gasteiger partial charge on any atom is -0.0610 e. The number of hydrogen-bond donors (Lipinski definition) is 0. The van der Waals surface area contributed by atoms with Crippen LogP contribution in [0.5, 0.6) is 0 Å². The molecule has 0 heterocycles. The first-order valence-electron chi connectivity index (χ1n) is 10.1. The normalized spacial score (nSPS) is 11.6. The van der Waals surface area contributed by atoms with E-state index in [1.54, 1.807) is 0 Å². The first kappa shape index (κ1) is 16.3. The third-order valence-corrected chi connectivity index (χ3v) is 6.11.